The number of ether oxygens (including phenoxy) is 3. The molecule has 0 aliphatic carbocycles. The molecule has 180 valence electrons. The Hall–Kier alpha value is -3.50. The average molecular weight is 510 g/mol. The first-order valence-corrected chi connectivity index (χ1v) is 10.7. The van der Waals surface area contributed by atoms with Gasteiger partial charge in [-0.25, -0.2) is 0 Å². The number of rotatable bonds is 8. The number of halogens is 2. The number of benzene rings is 2. The molecule has 0 unspecified atom stereocenters. The van der Waals surface area contributed by atoms with Gasteiger partial charge >= 0.3 is 5.97 Å². The van der Waals surface area contributed by atoms with Gasteiger partial charge in [0.25, 0.3) is 11.8 Å². The molecule has 3 amide bonds. The summed E-state index contributed by atoms with van der Waals surface area (Å²) in [6, 6.07) is 9.09. The highest BCUT2D eigenvalue weighted by atomic mass is 35.5. The molecule has 34 heavy (non-hydrogen) atoms. The summed E-state index contributed by atoms with van der Waals surface area (Å²) in [5, 5.41) is 4.16. The van der Waals surface area contributed by atoms with Crippen molar-refractivity contribution in [2.75, 3.05) is 32.7 Å². The quantitative estimate of drug-likeness (QED) is 0.524. The van der Waals surface area contributed by atoms with Crippen LogP contribution in [0.1, 0.15) is 16.8 Å². The molecule has 2 aromatic rings. The lowest BCUT2D eigenvalue weighted by atomic mass is 10.1. The fourth-order valence-corrected chi connectivity index (χ4v) is 3.47. The molecule has 1 heterocycles. The molecule has 1 aliphatic heterocycles. The van der Waals surface area contributed by atoms with Gasteiger partial charge in [0.2, 0.25) is 5.91 Å². The number of hydrogen-bond donors (Lipinski definition) is 2. The molecule has 10 nitrogen and oxygen atoms in total. The van der Waals surface area contributed by atoms with Gasteiger partial charge in [-0.1, -0.05) is 23.2 Å². The Labute approximate surface area is 205 Å². The highest BCUT2D eigenvalue weighted by Crippen LogP contribution is 2.26. The number of hydrazine groups is 1. The lowest BCUT2D eigenvalue weighted by Gasteiger charge is -2.18. The van der Waals surface area contributed by atoms with Gasteiger partial charge in [0.15, 0.2) is 6.61 Å². The zero-order chi connectivity index (χ0) is 24.8. The Morgan fingerprint density at radius 2 is 1.74 bits per heavy atom. The molecule has 0 bridgehead atoms. The Bertz CT molecular complexity index is 1100. The van der Waals surface area contributed by atoms with Crippen LogP contribution < -0.4 is 20.2 Å². The Kier molecular flexibility index (Phi) is 8.19. The maximum absolute atomic E-state index is 12.6. The maximum Gasteiger partial charge on any atom is 0.311 e. The molecule has 1 atom stereocenters. The SMILES string of the molecule is COc1cc(OC)cc(C(=O)NN2C[C@@H](C(=O)OCC(=O)Nc3cc(Cl)ccc3Cl)CC2=O)c1. The van der Waals surface area contributed by atoms with Gasteiger partial charge in [-0.15, -0.1) is 0 Å². The lowest BCUT2D eigenvalue weighted by molar-refractivity contribution is -0.151. The summed E-state index contributed by atoms with van der Waals surface area (Å²) < 4.78 is 15.3. The van der Waals surface area contributed by atoms with E-state index in [0.717, 1.165) is 5.01 Å². The summed E-state index contributed by atoms with van der Waals surface area (Å²) in [6.45, 7) is -0.686. The number of nitrogens with zero attached hydrogens (tertiary/aromatic N) is 1. The minimum absolute atomic E-state index is 0.105. The lowest BCUT2D eigenvalue weighted by Crippen LogP contribution is -2.43. The van der Waals surface area contributed by atoms with Gasteiger partial charge in [0.05, 0.1) is 37.4 Å². The third-order valence-electron chi connectivity index (χ3n) is 4.86. The number of anilines is 1. The normalized spacial score (nSPS) is 15.0. The number of esters is 1. The fraction of sp³-hybridized carbons (Fsp3) is 0.273. The molecular formula is C22H21Cl2N3O7. The van der Waals surface area contributed by atoms with Crippen LogP contribution in [0.3, 0.4) is 0 Å². The minimum Gasteiger partial charge on any atom is -0.497 e. The predicted molar refractivity (Wildman–Crippen MR) is 123 cm³/mol. The molecule has 1 aliphatic rings. The van der Waals surface area contributed by atoms with Gasteiger partial charge in [-0.2, -0.15) is 0 Å². The van der Waals surface area contributed by atoms with E-state index in [-0.39, 0.29) is 29.2 Å². The first kappa shape index (κ1) is 25.1. The van der Waals surface area contributed by atoms with Crippen LogP contribution in [0, 0.1) is 5.92 Å². The Balaban J connectivity index is 1.53. The van der Waals surface area contributed by atoms with Gasteiger partial charge < -0.3 is 19.5 Å². The zero-order valence-electron chi connectivity index (χ0n) is 18.2. The first-order valence-electron chi connectivity index (χ1n) is 9.96. The van der Waals surface area contributed by atoms with Crippen LogP contribution in [0.4, 0.5) is 5.69 Å². The smallest absolute Gasteiger partial charge is 0.311 e. The fourth-order valence-electron chi connectivity index (χ4n) is 3.13. The zero-order valence-corrected chi connectivity index (χ0v) is 19.7. The highest BCUT2D eigenvalue weighted by molar-refractivity contribution is 6.35. The van der Waals surface area contributed by atoms with Crippen LogP contribution in [0.2, 0.25) is 10.0 Å². The summed E-state index contributed by atoms with van der Waals surface area (Å²) >= 11 is 11.9. The molecule has 0 saturated carbocycles. The predicted octanol–water partition coefficient (Wildman–Crippen LogP) is 2.69. The molecule has 1 saturated heterocycles. The molecule has 3 rings (SSSR count). The molecule has 2 N–H and O–H groups in total. The summed E-state index contributed by atoms with van der Waals surface area (Å²) in [4.78, 5) is 49.3. The van der Waals surface area contributed by atoms with E-state index in [1.807, 2.05) is 0 Å². The standard InChI is InChI=1S/C22H21Cl2N3O7/c1-32-15-5-12(6-16(9-15)33-2)21(30)26-27-10-13(7-20(27)29)22(31)34-11-19(28)25-18-8-14(23)3-4-17(18)24/h3-6,8-9,13H,7,10-11H2,1-2H3,(H,25,28)(H,26,30)/t13-/m0/s1. The van der Waals surface area contributed by atoms with Crippen molar-refractivity contribution in [3.63, 3.8) is 0 Å². The van der Waals surface area contributed by atoms with E-state index in [0.29, 0.717) is 16.5 Å². The molecule has 0 radical (unpaired) electrons. The first-order chi connectivity index (χ1) is 16.2. The second-order valence-electron chi connectivity index (χ2n) is 7.23. The minimum atomic E-state index is -0.852. The molecule has 0 spiro atoms. The van der Waals surface area contributed by atoms with Crippen molar-refractivity contribution in [1.82, 2.24) is 10.4 Å². The number of carbonyl (C=O) groups excluding carboxylic acids is 4. The maximum atomic E-state index is 12.6. The van der Waals surface area contributed by atoms with Crippen molar-refractivity contribution in [1.29, 1.82) is 0 Å². The topological polar surface area (TPSA) is 123 Å². The van der Waals surface area contributed by atoms with Crippen molar-refractivity contribution < 1.29 is 33.4 Å². The number of amides is 3. The third-order valence-corrected chi connectivity index (χ3v) is 5.42. The molecule has 1 fully saturated rings. The largest absolute Gasteiger partial charge is 0.497 e. The van der Waals surface area contributed by atoms with Crippen LogP contribution in [0.15, 0.2) is 36.4 Å². The number of hydrogen-bond acceptors (Lipinski definition) is 7. The highest BCUT2D eigenvalue weighted by Gasteiger charge is 2.37. The van der Waals surface area contributed by atoms with Crippen LogP contribution >= 0.6 is 23.2 Å². The van der Waals surface area contributed by atoms with Crippen LogP contribution in [0.25, 0.3) is 0 Å². The number of carbonyl (C=O) groups is 4. The van der Waals surface area contributed by atoms with E-state index in [1.54, 1.807) is 12.1 Å². The monoisotopic (exact) mass is 509 g/mol. The molecule has 2 aromatic carbocycles. The number of methoxy groups -OCH3 is 2. The van der Waals surface area contributed by atoms with Gasteiger partial charge in [-0.3, -0.25) is 29.6 Å². The Morgan fingerprint density at radius 1 is 1.06 bits per heavy atom. The third kappa shape index (κ3) is 6.30. The molecule has 0 aromatic heterocycles. The molecular weight excluding hydrogens is 489 g/mol. The average Bonchev–Trinajstić information content (AvgIpc) is 3.19. The van der Waals surface area contributed by atoms with Gasteiger partial charge in [0, 0.05) is 23.1 Å². The van der Waals surface area contributed by atoms with Crippen molar-refractivity contribution >= 4 is 52.6 Å². The van der Waals surface area contributed by atoms with Crippen LogP contribution in [-0.2, 0) is 19.1 Å². The Morgan fingerprint density at radius 3 is 2.38 bits per heavy atom. The van der Waals surface area contributed by atoms with E-state index in [9.17, 15) is 19.2 Å². The second-order valence-corrected chi connectivity index (χ2v) is 8.07. The number of nitrogens with one attached hydrogen (secondary N) is 2. The van der Waals surface area contributed by atoms with Crippen molar-refractivity contribution in [2.24, 2.45) is 5.92 Å². The van der Waals surface area contributed by atoms with Crippen molar-refractivity contribution in [3.05, 3.63) is 52.0 Å². The summed E-state index contributed by atoms with van der Waals surface area (Å²) in [5.41, 5.74) is 2.93. The van der Waals surface area contributed by atoms with Crippen molar-refractivity contribution in [2.45, 2.75) is 6.42 Å². The summed E-state index contributed by atoms with van der Waals surface area (Å²) in [5.74, 6) is -2.49. The van der Waals surface area contributed by atoms with Gasteiger partial charge in [0.1, 0.15) is 11.5 Å². The van der Waals surface area contributed by atoms with E-state index in [4.69, 9.17) is 37.4 Å². The summed E-state index contributed by atoms with van der Waals surface area (Å²) in [6.07, 6.45) is -0.178. The molecule has 12 heteroatoms. The van der Waals surface area contributed by atoms with Crippen LogP contribution in [0.5, 0.6) is 11.5 Å². The second kappa shape index (κ2) is 11.1. The van der Waals surface area contributed by atoms with Crippen LogP contribution in [-0.4, -0.2) is 56.1 Å². The summed E-state index contributed by atoms with van der Waals surface area (Å²) in [7, 11) is 2.89. The van der Waals surface area contributed by atoms with E-state index in [1.165, 1.54) is 38.5 Å². The van der Waals surface area contributed by atoms with E-state index < -0.39 is 36.2 Å². The van der Waals surface area contributed by atoms with Gasteiger partial charge in [-0.05, 0) is 30.3 Å². The van der Waals surface area contributed by atoms with Crippen molar-refractivity contribution in [3.8, 4) is 11.5 Å². The van der Waals surface area contributed by atoms with E-state index >= 15 is 0 Å². The van der Waals surface area contributed by atoms with E-state index in [2.05, 4.69) is 10.7 Å².